The number of hydrogen-bond acceptors (Lipinski definition) is 2. The Morgan fingerprint density at radius 1 is 1.33 bits per heavy atom. The number of aryl methyl sites for hydroxylation is 1. The molecule has 18 heavy (non-hydrogen) atoms. The van der Waals surface area contributed by atoms with E-state index in [1.165, 1.54) is 6.07 Å². The number of pyridine rings is 1. The molecule has 0 saturated carbocycles. The summed E-state index contributed by atoms with van der Waals surface area (Å²) >= 11 is 3.33. The van der Waals surface area contributed by atoms with Crippen molar-refractivity contribution >= 4 is 32.5 Å². The Hall–Kier alpha value is -1.16. The average Bonchev–Trinajstić information content (AvgIpc) is 2.33. The van der Waals surface area contributed by atoms with Crippen LogP contribution < -0.4 is 5.32 Å². The zero-order valence-corrected chi connectivity index (χ0v) is 12.4. The van der Waals surface area contributed by atoms with Crippen LogP contribution in [0.2, 0.25) is 0 Å². The van der Waals surface area contributed by atoms with Gasteiger partial charge >= 0.3 is 0 Å². The van der Waals surface area contributed by atoms with Gasteiger partial charge in [0.2, 0.25) is 0 Å². The lowest BCUT2D eigenvalue weighted by atomic mass is 10.1. The van der Waals surface area contributed by atoms with Gasteiger partial charge in [0.25, 0.3) is 0 Å². The lowest BCUT2D eigenvalue weighted by Crippen LogP contribution is -2.05. The smallest absolute Gasteiger partial charge is 0.150 e. The van der Waals surface area contributed by atoms with Gasteiger partial charge in [-0.15, -0.1) is 0 Å². The lowest BCUT2D eigenvalue weighted by molar-refractivity contribution is 0.635. The van der Waals surface area contributed by atoms with E-state index in [-0.39, 0.29) is 5.82 Å². The van der Waals surface area contributed by atoms with E-state index in [1.807, 2.05) is 26.8 Å². The zero-order chi connectivity index (χ0) is 13.3. The number of nitrogens with zero attached hydrogens (tertiary/aromatic N) is 1. The van der Waals surface area contributed by atoms with E-state index in [4.69, 9.17) is 0 Å². The highest BCUT2D eigenvalue weighted by molar-refractivity contribution is 9.10. The van der Waals surface area contributed by atoms with Crippen molar-refractivity contribution in [3.63, 3.8) is 0 Å². The molecule has 0 bridgehead atoms. The maximum absolute atomic E-state index is 14.0. The predicted molar refractivity (Wildman–Crippen MR) is 77.7 cm³/mol. The van der Waals surface area contributed by atoms with Gasteiger partial charge < -0.3 is 5.32 Å². The van der Waals surface area contributed by atoms with Crippen molar-refractivity contribution in [2.75, 3.05) is 11.9 Å². The van der Waals surface area contributed by atoms with Gasteiger partial charge in [-0.1, -0.05) is 22.9 Å². The number of fused-ring (bicyclic) bond motifs is 1. The first-order chi connectivity index (χ1) is 8.58. The molecule has 0 aliphatic carbocycles. The first-order valence-corrected chi connectivity index (χ1v) is 6.89. The number of aromatic nitrogens is 1. The fourth-order valence-electron chi connectivity index (χ4n) is 2.18. The molecule has 1 aromatic heterocycles. The minimum absolute atomic E-state index is 0.284. The molecule has 0 unspecified atom stereocenters. The molecule has 96 valence electrons. The van der Waals surface area contributed by atoms with Gasteiger partial charge in [0, 0.05) is 27.8 Å². The van der Waals surface area contributed by atoms with Gasteiger partial charge in [-0.25, -0.2) is 9.37 Å². The second-order valence-electron chi connectivity index (χ2n) is 4.23. The highest BCUT2D eigenvalue weighted by atomic mass is 79.9. The van der Waals surface area contributed by atoms with E-state index >= 15 is 0 Å². The Bertz CT molecular complexity index is 596. The van der Waals surface area contributed by atoms with Crippen LogP contribution in [0.4, 0.5) is 10.1 Å². The Balaban J connectivity index is 2.86. The molecule has 0 atom stereocenters. The molecule has 1 heterocycles. The summed E-state index contributed by atoms with van der Waals surface area (Å²) in [4.78, 5) is 4.44. The summed E-state index contributed by atoms with van der Waals surface area (Å²) < 4.78 is 14.7. The standard InChI is InChI=1S/C14H16BrFN2/c1-4-12-8(3)13(17-5-2)10-6-9(15)7-11(16)14(10)18-12/h6-7H,4-5H2,1-3H3,(H,17,18). The maximum atomic E-state index is 14.0. The highest BCUT2D eigenvalue weighted by Crippen LogP contribution is 2.32. The number of hydrogen-bond donors (Lipinski definition) is 1. The first kappa shape index (κ1) is 13.3. The van der Waals surface area contributed by atoms with Crippen LogP contribution in [0.1, 0.15) is 25.1 Å². The summed E-state index contributed by atoms with van der Waals surface area (Å²) in [5, 5.41) is 4.15. The van der Waals surface area contributed by atoms with Crippen LogP contribution in [0.25, 0.3) is 10.9 Å². The molecule has 0 saturated heterocycles. The van der Waals surface area contributed by atoms with Crippen LogP contribution in [0.3, 0.4) is 0 Å². The van der Waals surface area contributed by atoms with Gasteiger partial charge in [0.1, 0.15) is 5.52 Å². The van der Waals surface area contributed by atoms with Crippen LogP contribution >= 0.6 is 15.9 Å². The van der Waals surface area contributed by atoms with E-state index in [0.29, 0.717) is 5.52 Å². The Morgan fingerprint density at radius 2 is 2.06 bits per heavy atom. The largest absolute Gasteiger partial charge is 0.385 e. The van der Waals surface area contributed by atoms with Crippen molar-refractivity contribution in [1.29, 1.82) is 0 Å². The fraction of sp³-hybridized carbons (Fsp3) is 0.357. The molecule has 0 fully saturated rings. The van der Waals surface area contributed by atoms with Crippen molar-refractivity contribution < 1.29 is 4.39 Å². The third-order valence-electron chi connectivity index (χ3n) is 3.04. The van der Waals surface area contributed by atoms with Crippen molar-refractivity contribution in [2.24, 2.45) is 0 Å². The first-order valence-electron chi connectivity index (χ1n) is 6.10. The number of nitrogens with one attached hydrogen (secondary N) is 1. The summed E-state index contributed by atoms with van der Waals surface area (Å²) in [6.45, 7) is 6.90. The molecule has 4 heteroatoms. The van der Waals surface area contributed by atoms with E-state index < -0.39 is 0 Å². The molecule has 0 radical (unpaired) electrons. The van der Waals surface area contributed by atoms with Crippen molar-refractivity contribution in [2.45, 2.75) is 27.2 Å². The summed E-state index contributed by atoms with van der Waals surface area (Å²) in [5.74, 6) is -0.284. The topological polar surface area (TPSA) is 24.9 Å². The summed E-state index contributed by atoms with van der Waals surface area (Å²) in [5.41, 5.74) is 3.47. The second-order valence-corrected chi connectivity index (χ2v) is 5.14. The van der Waals surface area contributed by atoms with Crippen LogP contribution in [-0.4, -0.2) is 11.5 Å². The lowest BCUT2D eigenvalue weighted by Gasteiger charge is -2.15. The van der Waals surface area contributed by atoms with Gasteiger partial charge in [-0.2, -0.15) is 0 Å². The normalized spacial score (nSPS) is 10.9. The third-order valence-corrected chi connectivity index (χ3v) is 3.50. The number of benzene rings is 1. The maximum Gasteiger partial charge on any atom is 0.150 e. The highest BCUT2D eigenvalue weighted by Gasteiger charge is 2.13. The van der Waals surface area contributed by atoms with Gasteiger partial charge in [0.05, 0.1) is 0 Å². The molecule has 2 nitrogen and oxygen atoms in total. The van der Waals surface area contributed by atoms with E-state index in [1.54, 1.807) is 0 Å². The van der Waals surface area contributed by atoms with Gasteiger partial charge in [-0.05, 0) is 38.0 Å². The molecule has 2 aromatic rings. The molecular formula is C14H16BrFN2. The molecule has 2 rings (SSSR count). The van der Waals surface area contributed by atoms with Crippen LogP contribution in [0.15, 0.2) is 16.6 Å². The molecular weight excluding hydrogens is 295 g/mol. The van der Waals surface area contributed by atoms with E-state index in [9.17, 15) is 4.39 Å². The number of rotatable bonds is 3. The fourth-order valence-corrected chi connectivity index (χ4v) is 2.61. The van der Waals surface area contributed by atoms with Crippen molar-refractivity contribution in [3.8, 4) is 0 Å². The predicted octanol–water partition coefficient (Wildman–Crippen LogP) is 4.44. The Kier molecular flexibility index (Phi) is 3.85. The van der Waals surface area contributed by atoms with Crippen molar-refractivity contribution in [1.82, 2.24) is 4.98 Å². The molecule has 1 aromatic carbocycles. The molecule has 0 spiro atoms. The Labute approximate surface area is 115 Å². The second kappa shape index (κ2) is 5.22. The van der Waals surface area contributed by atoms with E-state index in [0.717, 1.165) is 39.8 Å². The van der Waals surface area contributed by atoms with Crippen LogP contribution in [0.5, 0.6) is 0 Å². The zero-order valence-electron chi connectivity index (χ0n) is 10.8. The van der Waals surface area contributed by atoms with Gasteiger partial charge in [0.15, 0.2) is 5.82 Å². The van der Waals surface area contributed by atoms with E-state index in [2.05, 4.69) is 26.2 Å². The minimum atomic E-state index is -0.284. The number of anilines is 1. The Morgan fingerprint density at radius 3 is 2.67 bits per heavy atom. The van der Waals surface area contributed by atoms with Crippen molar-refractivity contribution in [3.05, 3.63) is 33.7 Å². The molecule has 0 aliphatic heterocycles. The molecule has 0 aliphatic rings. The summed E-state index contributed by atoms with van der Waals surface area (Å²) in [7, 11) is 0. The summed E-state index contributed by atoms with van der Waals surface area (Å²) in [6.07, 6.45) is 0.801. The SMILES string of the molecule is CCNc1c(C)c(CC)nc2c(F)cc(Br)cc12. The van der Waals surface area contributed by atoms with Gasteiger partial charge in [-0.3, -0.25) is 0 Å². The molecule has 0 amide bonds. The minimum Gasteiger partial charge on any atom is -0.385 e. The van der Waals surface area contributed by atoms with Crippen LogP contribution in [0, 0.1) is 12.7 Å². The average molecular weight is 311 g/mol. The monoisotopic (exact) mass is 310 g/mol. The quantitative estimate of drug-likeness (QED) is 0.906. The third kappa shape index (κ3) is 2.21. The summed E-state index contributed by atoms with van der Waals surface area (Å²) in [6, 6.07) is 3.37. The molecule has 1 N–H and O–H groups in total. The van der Waals surface area contributed by atoms with Crippen LogP contribution in [-0.2, 0) is 6.42 Å². The number of halogens is 2.